The van der Waals surface area contributed by atoms with E-state index in [9.17, 15) is 0 Å². The molecule has 5 nitrogen and oxygen atoms in total. The molecular weight excluding hydrogens is 697 g/mol. The lowest BCUT2D eigenvalue weighted by Gasteiger charge is -2.32. The largest absolute Gasteiger partial charge is 0.472 e. The molecule has 0 saturated carbocycles. The number of pyridine rings is 1. The van der Waals surface area contributed by atoms with Gasteiger partial charge in [0.1, 0.15) is 28.4 Å². The van der Waals surface area contributed by atoms with Crippen LogP contribution in [0.3, 0.4) is 0 Å². The minimum atomic E-state index is -0.278. The van der Waals surface area contributed by atoms with Gasteiger partial charge in [0, 0.05) is 63.6 Å². The molecule has 0 radical (unpaired) electrons. The van der Waals surface area contributed by atoms with Crippen LogP contribution >= 0.6 is 0 Å². The maximum Gasteiger partial charge on any atom is 0.342 e. The average molecular weight is 726 g/mol. The Kier molecular flexibility index (Phi) is 5.08. The Morgan fingerprint density at radius 3 is 2.47 bits per heavy atom. The predicted molar refractivity (Wildman–Crippen MR) is 231 cm³/mol. The highest BCUT2D eigenvalue weighted by molar-refractivity contribution is 6.98. The molecule has 0 fully saturated rings. The number of fused-ring (bicyclic) bond motifs is 9. The van der Waals surface area contributed by atoms with E-state index in [-0.39, 0.29) is 12.6 Å². The van der Waals surface area contributed by atoms with Crippen LogP contribution < -0.4 is 27.2 Å². The van der Waals surface area contributed by atoms with E-state index >= 15 is 0 Å². The van der Waals surface area contributed by atoms with Crippen molar-refractivity contribution in [2.45, 2.75) is 25.2 Å². The third-order valence-corrected chi connectivity index (χ3v) is 13.5. The van der Waals surface area contributed by atoms with Crippen LogP contribution in [0, 0.1) is 11.8 Å². The van der Waals surface area contributed by atoms with Gasteiger partial charge in [0.2, 0.25) is 0 Å². The summed E-state index contributed by atoms with van der Waals surface area (Å²) in [5, 5.41) is 12.1. The highest BCUT2D eigenvalue weighted by atomic mass is 16.4. The molecule has 15 rings (SSSR count). The van der Waals surface area contributed by atoms with Crippen molar-refractivity contribution in [3.63, 3.8) is 0 Å². The quantitative estimate of drug-likeness (QED) is 0.127. The van der Waals surface area contributed by atoms with E-state index in [4.69, 9.17) is 13.8 Å². The minimum Gasteiger partial charge on any atom is -0.472 e. The fourth-order valence-electron chi connectivity index (χ4n) is 11.3. The van der Waals surface area contributed by atoms with Crippen LogP contribution in [0.15, 0.2) is 124 Å². The summed E-state index contributed by atoms with van der Waals surface area (Å²) in [5.74, 6) is 8.56. The Bertz CT molecular complexity index is 3870. The van der Waals surface area contributed by atoms with Crippen LogP contribution in [0.25, 0.3) is 100 Å². The van der Waals surface area contributed by atoms with Crippen molar-refractivity contribution < 1.29 is 8.83 Å². The topological polar surface area (TPSA) is 49.0 Å². The smallest absolute Gasteiger partial charge is 0.342 e. The maximum atomic E-state index is 7.31. The fraction of sp³-hybridized carbons (Fsp3) is 0.0784. The van der Waals surface area contributed by atoms with Gasteiger partial charge in [0.05, 0.1) is 27.6 Å². The third kappa shape index (κ3) is 3.38. The Labute approximate surface area is 325 Å². The summed E-state index contributed by atoms with van der Waals surface area (Å²) in [4.78, 5) is 5.15. The van der Waals surface area contributed by atoms with E-state index in [1.165, 1.54) is 53.8 Å². The molecule has 0 N–H and O–H groups in total. The lowest BCUT2D eigenvalue weighted by Crippen LogP contribution is -2.59. The zero-order chi connectivity index (χ0) is 36.7. The monoisotopic (exact) mass is 725 g/mol. The number of hydrogen-bond donors (Lipinski definition) is 0. The van der Waals surface area contributed by atoms with Crippen LogP contribution in [0.2, 0.25) is 0 Å². The molecule has 1 atom stereocenters. The van der Waals surface area contributed by atoms with Crippen molar-refractivity contribution in [2.75, 3.05) is 0 Å². The van der Waals surface area contributed by atoms with Crippen molar-refractivity contribution in [2.24, 2.45) is 0 Å². The molecule has 1 unspecified atom stereocenters. The molecule has 6 heteroatoms. The van der Waals surface area contributed by atoms with Crippen LogP contribution in [-0.4, -0.2) is 20.8 Å². The fourth-order valence-corrected chi connectivity index (χ4v) is 11.3. The number of aryl methyl sites for hydroxylation is 1. The molecule has 10 aromatic rings. The van der Waals surface area contributed by atoms with Gasteiger partial charge in [-0.2, -0.15) is 0 Å². The summed E-state index contributed by atoms with van der Waals surface area (Å²) in [5.41, 5.74) is 13.8. The van der Waals surface area contributed by atoms with Gasteiger partial charge in [-0.05, 0) is 80.1 Å². The maximum absolute atomic E-state index is 7.31. The van der Waals surface area contributed by atoms with Gasteiger partial charge >= 0.3 is 6.71 Å². The van der Waals surface area contributed by atoms with Crippen LogP contribution in [-0.2, 0) is 6.42 Å². The Morgan fingerprint density at radius 2 is 1.53 bits per heavy atom. The van der Waals surface area contributed by atoms with E-state index in [0.717, 1.165) is 97.6 Å². The van der Waals surface area contributed by atoms with Gasteiger partial charge < -0.3 is 18.0 Å². The number of nitrogens with zero attached hydrogens (tertiary/aromatic N) is 3. The molecule has 262 valence electrons. The number of rotatable bonds is 1. The number of hydrogen-bond acceptors (Lipinski definition) is 3. The summed E-state index contributed by atoms with van der Waals surface area (Å²) in [6, 6.07) is 35.5. The highest BCUT2D eigenvalue weighted by Crippen LogP contribution is 2.42. The zero-order valence-electron chi connectivity index (χ0n) is 30.6. The molecule has 5 aromatic heterocycles. The standard InChI is InChI=1S/C51H28BN3O2/c1-2-14-31-27(9-1)23-24-53-47(31)30-25-38-46-39(26-30)55-37-20-6-13-29-11-4-16-33(43(29)37)35-18-8-22-41-45(35)49(55)51(57-41)52(46)50-48-44-34(17-7-21-40(44)56-50)32-15-3-10-28-12-5-19-36(42(28)32)54(38)48/h1-5,8-12,14-19,22-26,29H,7,13,21H2. The second-order valence-corrected chi connectivity index (χ2v) is 16.2. The summed E-state index contributed by atoms with van der Waals surface area (Å²) in [6.07, 6.45) is 13.8. The lowest BCUT2D eigenvalue weighted by atomic mass is 9.38. The van der Waals surface area contributed by atoms with E-state index in [1.54, 1.807) is 0 Å². The van der Waals surface area contributed by atoms with Crippen molar-refractivity contribution in [3.05, 3.63) is 143 Å². The zero-order valence-corrected chi connectivity index (χ0v) is 30.6. The molecule has 5 aromatic carbocycles. The highest BCUT2D eigenvalue weighted by Gasteiger charge is 2.47. The van der Waals surface area contributed by atoms with Gasteiger partial charge in [-0.1, -0.05) is 97.0 Å². The predicted octanol–water partition coefficient (Wildman–Crippen LogP) is 8.06. The van der Waals surface area contributed by atoms with Crippen molar-refractivity contribution >= 4 is 101 Å². The number of furan rings is 2. The third-order valence-electron chi connectivity index (χ3n) is 13.5. The van der Waals surface area contributed by atoms with Crippen molar-refractivity contribution in [3.8, 4) is 34.5 Å². The van der Waals surface area contributed by atoms with Crippen molar-refractivity contribution in [1.82, 2.24) is 14.1 Å². The second-order valence-electron chi connectivity index (χ2n) is 16.2. The number of benzene rings is 5. The Balaban J connectivity index is 1.24. The summed E-state index contributed by atoms with van der Waals surface area (Å²) >= 11 is 0. The summed E-state index contributed by atoms with van der Waals surface area (Å²) < 4.78 is 19.5. The summed E-state index contributed by atoms with van der Waals surface area (Å²) in [7, 11) is 0. The van der Waals surface area contributed by atoms with Crippen LogP contribution in [0.5, 0.6) is 0 Å². The SMILES string of the molecule is C1#Cc2c3c(c4cccc5oc6c(c54)n2-c2cc(-c4nccc5ccccc45)cc4c2B6c2oc5c6c(c7cccc8cccc(c87)n-4c26)=CCC5)=CC=CC3C1. The first kappa shape index (κ1) is 29.1. The summed E-state index contributed by atoms with van der Waals surface area (Å²) in [6.45, 7) is -0.278. The van der Waals surface area contributed by atoms with Gasteiger partial charge in [0.15, 0.2) is 0 Å². The van der Waals surface area contributed by atoms with E-state index < -0.39 is 0 Å². The van der Waals surface area contributed by atoms with E-state index in [2.05, 4.69) is 142 Å². The van der Waals surface area contributed by atoms with Crippen LogP contribution in [0.1, 0.15) is 35.8 Å². The normalized spacial score (nSPS) is 16.2. The van der Waals surface area contributed by atoms with Crippen LogP contribution in [0.4, 0.5) is 0 Å². The molecule has 0 bridgehead atoms. The molecule has 5 aliphatic rings. The first-order valence-corrected chi connectivity index (χ1v) is 20.0. The second kappa shape index (κ2) is 9.95. The van der Waals surface area contributed by atoms with Gasteiger partial charge in [-0.15, -0.1) is 0 Å². The van der Waals surface area contributed by atoms with Gasteiger partial charge in [-0.3, -0.25) is 4.98 Å². The van der Waals surface area contributed by atoms with Gasteiger partial charge in [0.25, 0.3) is 0 Å². The first-order valence-electron chi connectivity index (χ1n) is 20.0. The van der Waals surface area contributed by atoms with E-state index in [0.29, 0.717) is 0 Å². The number of allylic oxidation sites excluding steroid dienone is 2. The molecule has 7 heterocycles. The first-order chi connectivity index (χ1) is 28.3. The lowest BCUT2D eigenvalue weighted by molar-refractivity contribution is 0.541. The molecule has 57 heavy (non-hydrogen) atoms. The number of aromatic nitrogens is 3. The van der Waals surface area contributed by atoms with Gasteiger partial charge in [-0.25, -0.2) is 0 Å². The molecule has 0 saturated heterocycles. The Hall–Kier alpha value is -7.23. The van der Waals surface area contributed by atoms with Crippen molar-refractivity contribution in [1.29, 1.82) is 0 Å². The molecule has 3 aliphatic carbocycles. The minimum absolute atomic E-state index is 0.200. The molecule has 0 amide bonds. The molecular formula is C51H28BN3O2. The molecule has 0 spiro atoms. The molecule has 2 aliphatic heterocycles. The van der Waals surface area contributed by atoms with E-state index in [1.807, 2.05) is 6.20 Å². The Morgan fingerprint density at radius 1 is 0.737 bits per heavy atom. The average Bonchev–Trinajstić information content (AvgIpc) is 3.77.